The molecule has 2 aromatic carbocycles. The predicted molar refractivity (Wildman–Crippen MR) is 129 cm³/mol. The highest BCUT2D eigenvalue weighted by Gasteiger charge is 2.47. The maximum Gasteiger partial charge on any atom is 0.234 e. The van der Waals surface area contributed by atoms with Crippen molar-refractivity contribution in [2.45, 2.75) is 32.9 Å². The van der Waals surface area contributed by atoms with Gasteiger partial charge in [-0.3, -0.25) is 9.79 Å². The summed E-state index contributed by atoms with van der Waals surface area (Å²) in [6, 6.07) is 10.9. The molecule has 2 atom stereocenters. The summed E-state index contributed by atoms with van der Waals surface area (Å²) in [7, 11) is -3.12. The van der Waals surface area contributed by atoms with E-state index < -0.39 is 9.84 Å². The van der Waals surface area contributed by atoms with Crippen LogP contribution >= 0.6 is 23.4 Å². The Morgan fingerprint density at radius 1 is 1.23 bits per heavy atom. The first-order chi connectivity index (χ1) is 14.6. The number of aryl methyl sites for hydroxylation is 2. The minimum absolute atomic E-state index is 0.0526. The Bertz CT molecular complexity index is 1180. The first kappa shape index (κ1) is 22.2. The molecule has 0 aliphatic carbocycles. The summed E-state index contributed by atoms with van der Waals surface area (Å²) in [5, 5.41) is 4.19. The summed E-state index contributed by atoms with van der Waals surface area (Å²) in [6.45, 7) is 5.89. The van der Waals surface area contributed by atoms with Gasteiger partial charge in [-0.1, -0.05) is 47.1 Å². The van der Waals surface area contributed by atoms with Gasteiger partial charge in [0.2, 0.25) is 5.91 Å². The molecule has 0 aromatic heterocycles. The van der Waals surface area contributed by atoms with E-state index in [-0.39, 0.29) is 35.2 Å². The number of nitrogens with zero attached hydrogens (tertiary/aromatic N) is 2. The molecule has 1 saturated heterocycles. The van der Waals surface area contributed by atoms with E-state index >= 15 is 0 Å². The second kappa shape index (κ2) is 8.48. The van der Waals surface area contributed by atoms with Crippen LogP contribution < -0.4 is 10.2 Å². The predicted octanol–water partition coefficient (Wildman–Crippen LogP) is 3.98. The molecule has 0 spiro atoms. The van der Waals surface area contributed by atoms with Gasteiger partial charge in [0.05, 0.1) is 29.3 Å². The number of aliphatic imine (C=N–C) groups is 1. The minimum atomic E-state index is -3.12. The number of thioether (sulfide) groups is 1. The lowest BCUT2D eigenvalue weighted by atomic mass is 10.1. The summed E-state index contributed by atoms with van der Waals surface area (Å²) in [5.41, 5.74) is 4.63. The summed E-state index contributed by atoms with van der Waals surface area (Å²) in [4.78, 5) is 19.3. The molecular weight excluding hydrogens is 454 g/mol. The Kier molecular flexibility index (Phi) is 6.07. The Morgan fingerprint density at radius 3 is 2.74 bits per heavy atom. The Balaban J connectivity index is 1.54. The Hall–Kier alpha value is -2.03. The molecule has 0 unspecified atom stereocenters. The molecular formula is C22H24ClN3O3S2. The topological polar surface area (TPSA) is 78.8 Å². The number of anilines is 2. The van der Waals surface area contributed by atoms with Gasteiger partial charge in [-0.15, -0.1) is 0 Å². The van der Waals surface area contributed by atoms with Crippen molar-refractivity contribution in [3.05, 3.63) is 58.1 Å². The molecule has 2 aromatic rings. The van der Waals surface area contributed by atoms with Gasteiger partial charge in [-0.05, 0) is 50.1 Å². The van der Waals surface area contributed by atoms with Crippen molar-refractivity contribution in [3.63, 3.8) is 0 Å². The minimum Gasteiger partial charge on any atom is -0.325 e. The smallest absolute Gasteiger partial charge is 0.234 e. The average molecular weight is 478 g/mol. The van der Waals surface area contributed by atoms with Crippen molar-refractivity contribution in [2.24, 2.45) is 4.99 Å². The van der Waals surface area contributed by atoms with Crippen molar-refractivity contribution < 1.29 is 13.2 Å². The van der Waals surface area contributed by atoms with Crippen LogP contribution in [-0.4, -0.2) is 48.8 Å². The number of sulfone groups is 1. The number of nitrogens with one attached hydrogen (secondary N) is 1. The van der Waals surface area contributed by atoms with E-state index in [2.05, 4.69) is 11.4 Å². The second-order valence-corrected chi connectivity index (χ2v) is 11.5. The molecule has 6 nitrogen and oxygen atoms in total. The van der Waals surface area contributed by atoms with Crippen LogP contribution in [-0.2, 0) is 14.6 Å². The molecule has 4 rings (SSSR count). The summed E-state index contributed by atoms with van der Waals surface area (Å²) in [5.74, 6) is 0.130. The molecule has 1 N–H and O–H groups in total. The van der Waals surface area contributed by atoms with Crippen molar-refractivity contribution in [2.75, 3.05) is 27.5 Å². The van der Waals surface area contributed by atoms with E-state index in [0.717, 1.165) is 22.4 Å². The number of hydrogen-bond acceptors (Lipinski definition) is 6. The molecule has 2 heterocycles. The summed E-state index contributed by atoms with van der Waals surface area (Å²) < 4.78 is 24.4. The standard InChI is InChI=1S/C22H24ClN3O3S2/c1-13-7-8-19(14(2)9-13)26-20-12-31(28,29)11-18(20)25-22(26)30-10-21(27)24-17-6-4-5-16(23)15(17)3/h4-9,18,20H,10-12H2,1-3H3,(H,24,27)/t18-,20+/m0/s1. The fraction of sp³-hybridized carbons (Fsp3) is 0.364. The highest BCUT2D eigenvalue weighted by atomic mass is 35.5. The van der Waals surface area contributed by atoms with Crippen LogP contribution in [0.2, 0.25) is 5.02 Å². The second-order valence-electron chi connectivity index (χ2n) is 8.03. The lowest BCUT2D eigenvalue weighted by molar-refractivity contribution is -0.113. The molecule has 164 valence electrons. The number of carbonyl (C=O) groups is 1. The maximum absolute atomic E-state index is 12.6. The molecule has 9 heteroatoms. The third-order valence-electron chi connectivity index (χ3n) is 5.59. The number of carbonyl (C=O) groups excluding carboxylic acids is 1. The van der Waals surface area contributed by atoms with Crippen LogP contribution in [0.15, 0.2) is 41.4 Å². The number of benzene rings is 2. The van der Waals surface area contributed by atoms with Gasteiger partial charge >= 0.3 is 0 Å². The zero-order valence-corrected chi connectivity index (χ0v) is 19.9. The first-order valence-electron chi connectivity index (χ1n) is 9.97. The Labute approximate surface area is 192 Å². The number of fused-ring (bicyclic) bond motifs is 1. The van der Waals surface area contributed by atoms with Crippen LogP contribution in [0.5, 0.6) is 0 Å². The number of rotatable bonds is 4. The third-order valence-corrected chi connectivity index (χ3v) is 8.67. The number of amidine groups is 1. The fourth-order valence-electron chi connectivity index (χ4n) is 4.05. The molecule has 2 aliphatic heterocycles. The monoisotopic (exact) mass is 477 g/mol. The molecule has 1 amide bonds. The SMILES string of the molecule is Cc1ccc(N2C(SCC(=O)Nc3cccc(Cl)c3C)=N[C@H]3CS(=O)(=O)C[C@H]32)c(C)c1. The summed E-state index contributed by atoms with van der Waals surface area (Å²) >= 11 is 7.47. The highest BCUT2D eigenvalue weighted by molar-refractivity contribution is 8.14. The van der Waals surface area contributed by atoms with Gasteiger partial charge < -0.3 is 10.2 Å². The quantitative estimate of drug-likeness (QED) is 0.720. The maximum atomic E-state index is 12.6. The first-order valence-corrected chi connectivity index (χ1v) is 13.2. The number of amides is 1. The van der Waals surface area contributed by atoms with E-state index in [1.165, 1.54) is 11.8 Å². The largest absolute Gasteiger partial charge is 0.325 e. The fourth-order valence-corrected chi connectivity index (χ4v) is 6.98. The lowest BCUT2D eigenvalue weighted by Crippen LogP contribution is -2.39. The van der Waals surface area contributed by atoms with Gasteiger partial charge in [-0.2, -0.15) is 0 Å². The lowest BCUT2D eigenvalue weighted by Gasteiger charge is -2.28. The van der Waals surface area contributed by atoms with E-state index in [0.29, 0.717) is 15.9 Å². The third kappa shape index (κ3) is 4.61. The van der Waals surface area contributed by atoms with E-state index in [1.54, 1.807) is 12.1 Å². The van der Waals surface area contributed by atoms with E-state index in [1.807, 2.05) is 43.9 Å². The van der Waals surface area contributed by atoms with Crippen molar-refractivity contribution in [3.8, 4) is 0 Å². The van der Waals surface area contributed by atoms with Crippen LogP contribution in [0.3, 0.4) is 0 Å². The van der Waals surface area contributed by atoms with Crippen molar-refractivity contribution in [1.29, 1.82) is 0 Å². The molecule has 0 saturated carbocycles. The van der Waals surface area contributed by atoms with Gasteiger partial charge in [0, 0.05) is 16.4 Å². The van der Waals surface area contributed by atoms with Crippen LogP contribution in [0.25, 0.3) is 0 Å². The zero-order valence-electron chi connectivity index (χ0n) is 17.6. The molecule has 2 aliphatic rings. The molecule has 31 heavy (non-hydrogen) atoms. The van der Waals surface area contributed by atoms with E-state index in [4.69, 9.17) is 16.6 Å². The van der Waals surface area contributed by atoms with Crippen LogP contribution in [0.4, 0.5) is 11.4 Å². The van der Waals surface area contributed by atoms with Gasteiger partial charge in [0.1, 0.15) is 0 Å². The van der Waals surface area contributed by atoms with E-state index in [9.17, 15) is 13.2 Å². The van der Waals surface area contributed by atoms with Crippen LogP contribution in [0, 0.1) is 20.8 Å². The average Bonchev–Trinajstić information content (AvgIpc) is 3.15. The molecule has 1 fully saturated rings. The molecule has 0 bridgehead atoms. The summed E-state index contributed by atoms with van der Waals surface area (Å²) in [6.07, 6.45) is 0. The van der Waals surface area contributed by atoms with Crippen molar-refractivity contribution >= 4 is 55.6 Å². The van der Waals surface area contributed by atoms with Gasteiger partial charge in [0.15, 0.2) is 15.0 Å². The molecule has 0 radical (unpaired) electrons. The zero-order chi connectivity index (χ0) is 22.3. The normalized spacial score (nSPS) is 21.7. The number of hydrogen-bond donors (Lipinski definition) is 1. The number of halogens is 1. The van der Waals surface area contributed by atoms with Crippen molar-refractivity contribution in [1.82, 2.24) is 0 Å². The highest BCUT2D eigenvalue weighted by Crippen LogP contribution is 2.37. The Morgan fingerprint density at radius 2 is 2.00 bits per heavy atom. The van der Waals surface area contributed by atoms with Gasteiger partial charge in [0.25, 0.3) is 0 Å². The van der Waals surface area contributed by atoms with Crippen LogP contribution in [0.1, 0.15) is 16.7 Å². The van der Waals surface area contributed by atoms with Gasteiger partial charge in [-0.25, -0.2) is 8.42 Å².